The van der Waals surface area contributed by atoms with Crippen LogP contribution in [-0.4, -0.2) is 37.0 Å². The van der Waals surface area contributed by atoms with E-state index >= 15 is 0 Å². The highest BCUT2D eigenvalue weighted by atomic mass is 32.2. The van der Waals surface area contributed by atoms with Crippen molar-refractivity contribution in [1.82, 2.24) is 5.32 Å². The number of carbonyl (C=O) groups is 2. The zero-order chi connectivity index (χ0) is 14.8. The van der Waals surface area contributed by atoms with E-state index in [1.54, 1.807) is 36.0 Å². The van der Waals surface area contributed by atoms with Crippen molar-refractivity contribution in [1.29, 1.82) is 0 Å². The maximum atomic E-state index is 11.5. The van der Waals surface area contributed by atoms with Gasteiger partial charge < -0.3 is 15.4 Å². The molecule has 0 saturated carbocycles. The summed E-state index contributed by atoms with van der Waals surface area (Å²) < 4.78 is 5.32. The van der Waals surface area contributed by atoms with Gasteiger partial charge in [-0.15, -0.1) is 0 Å². The van der Waals surface area contributed by atoms with Crippen molar-refractivity contribution in [2.75, 3.05) is 30.5 Å². The fourth-order valence-electron chi connectivity index (χ4n) is 1.45. The molecule has 2 amide bonds. The lowest BCUT2D eigenvalue weighted by Crippen LogP contribution is -2.28. The zero-order valence-corrected chi connectivity index (χ0v) is 12.6. The molecular weight excluding hydrogens is 276 g/mol. The van der Waals surface area contributed by atoms with Crippen LogP contribution in [0.15, 0.2) is 24.3 Å². The molecule has 0 fully saturated rings. The number of hydrogen-bond acceptors (Lipinski definition) is 4. The van der Waals surface area contributed by atoms with Crippen LogP contribution < -0.4 is 15.4 Å². The molecule has 2 N–H and O–H groups in total. The Bertz CT molecular complexity index is 435. The van der Waals surface area contributed by atoms with Crippen LogP contribution in [0.25, 0.3) is 0 Å². The lowest BCUT2D eigenvalue weighted by atomic mass is 10.3. The van der Waals surface area contributed by atoms with Crippen LogP contribution >= 0.6 is 11.8 Å². The summed E-state index contributed by atoms with van der Waals surface area (Å²) in [5.74, 6) is 1.25. The van der Waals surface area contributed by atoms with E-state index in [-0.39, 0.29) is 18.4 Å². The van der Waals surface area contributed by atoms with Crippen molar-refractivity contribution >= 4 is 29.3 Å². The Morgan fingerprint density at radius 3 is 2.50 bits per heavy atom. The van der Waals surface area contributed by atoms with Gasteiger partial charge in [0.25, 0.3) is 5.91 Å². The van der Waals surface area contributed by atoms with Crippen molar-refractivity contribution < 1.29 is 14.3 Å². The molecule has 6 heteroatoms. The van der Waals surface area contributed by atoms with Crippen molar-refractivity contribution in [2.45, 2.75) is 13.3 Å². The first-order valence-corrected chi connectivity index (χ1v) is 7.83. The fourth-order valence-corrected chi connectivity index (χ4v) is 1.84. The van der Waals surface area contributed by atoms with Crippen LogP contribution in [0.3, 0.4) is 0 Å². The highest BCUT2D eigenvalue weighted by molar-refractivity contribution is 7.98. The van der Waals surface area contributed by atoms with E-state index in [4.69, 9.17) is 4.74 Å². The number of rotatable bonds is 8. The Balaban J connectivity index is 2.40. The summed E-state index contributed by atoms with van der Waals surface area (Å²) in [6.07, 6.45) is 2.46. The largest absolute Gasteiger partial charge is 0.484 e. The molecule has 110 valence electrons. The Morgan fingerprint density at radius 2 is 1.90 bits per heavy atom. The van der Waals surface area contributed by atoms with Crippen LogP contribution in [-0.2, 0) is 9.59 Å². The molecule has 1 rings (SSSR count). The van der Waals surface area contributed by atoms with Crippen molar-refractivity contribution in [3.05, 3.63) is 24.3 Å². The van der Waals surface area contributed by atoms with Gasteiger partial charge in [-0.05, 0) is 37.4 Å². The lowest BCUT2D eigenvalue weighted by molar-refractivity contribution is -0.123. The molecule has 0 aliphatic carbocycles. The molecule has 5 nitrogen and oxygen atoms in total. The van der Waals surface area contributed by atoms with E-state index in [2.05, 4.69) is 10.6 Å². The first kappa shape index (κ1) is 16.4. The van der Waals surface area contributed by atoms with Crippen LogP contribution in [0.2, 0.25) is 0 Å². The van der Waals surface area contributed by atoms with Crippen LogP contribution in [0.4, 0.5) is 5.69 Å². The molecule has 0 heterocycles. The van der Waals surface area contributed by atoms with Gasteiger partial charge in [0.2, 0.25) is 5.91 Å². The van der Waals surface area contributed by atoms with E-state index in [1.165, 1.54) is 0 Å². The quantitative estimate of drug-likeness (QED) is 0.769. The zero-order valence-electron chi connectivity index (χ0n) is 11.8. The molecule has 1 aromatic rings. The van der Waals surface area contributed by atoms with Crippen molar-refractivity contribution in [3.8, 4) is 5.75 Å². The molecule has 0 aromatic heterocycles. The van der Waals surface area contributed by atoms with E-state index < -0.39 is 0 Å². The van der Waals surface area contributed by atoms with E-state index in [9.17, 15) is 9.59 Å². The summed E-state index contributed by atoms with van der Waals surface area (Å²) in [5, 5.41) is 5.45. The predicted molar refractivity (Wildman–Crippen MR) is 82.2 cm³/mol. The number of benzene rings is 1. The fraction of sp³-hybridized carbons (Fsp3) is 0.429. The smallest absolute Gasteiger partial charge is 0.257 e. The van der Waals surface area contributed by atoms with Gasteiger partial charge in [-0.25, -0.2) is 0 Å². The molecule has 0 aliphatic heterocycles. The number of likely N-dealkylation sites (N-methyl/N-ethyl adjacent to an activating group) is 1. The molecule has 0 unspecified atom stereocenters. The summed E-state index contributed by atoms with van der Waals surface area (Å²) in [7, 11) is 0. The Kier molecular flexibility index (Phi) is 7.57. The lowest BCUT2D eigenvalue weighted by Gasteiger charge is -2.08. The molecule has 0 bridgehead atoms. The van der Waals surface area contributed by atoms with E-state index in [0.717, 1.165) is 11.4 Å². The third-order valence-electron chi connectivity index (χ3n) is 2.42. The van der Waals surface area contributed by atoms with Crippen LogP contribution in [0, 0.1) is 0 Å². The third-order valence-corrected chi connectivity index (χ3v) is 3.03. The van der Waals surface area contributed by atoms with Gasteiger partial charge >= 0.3 is 0 Å². The molecule has 0 aliphatic rings. The summed E-state index contributed by atoms with van der Waals surface area (Å²) in [4.78, 5) is 22.8. The van der Waals surface area contributed by atoms with Gasteiger partial charge in [0.15, 0.2) is 6.61 Å². The van der Waals surface area contributed by atoms with Crippen molar-refractivity contribution in [2.24, 2.45) is 0 Å². The number of hydrogen-bond donors (Lipinski definition) is 2. The van der Waals surface area contributed by atoms with Crippen LogP contribution in [0.5, 0.6) is 5.75 Å². The number of anilines is 1. The Labute approximate surface area is 123 Å². The average Bonchev–Trinajstić information content (AvgIpc) is 2.45. The second-order valence-electron chi connectivity index (χ2n) is 4.06. The highest BCUT2D eigenvalue weighted by Crippen LogP contribution is 2.15. The predicted octanol–water partition coefficient (Wildman–Crippen LogP) is 1.89. The Hall–Kier alpha value is -1.69. The van der Waals surface area contributed by atoms with Gasteiger partial charge in [0.05, 0.1) is 0 Å². The number of thioether (sulfide) groups is 1. The minimum atomic E-state index is -0.151. The van der Waals surface area contributed by atoms with Gasteiger partial charge in [-0.2, -0.15) is 11.8 Å². The van der Waals surface area contributed by atoms with Gasteiger partial charge in [0.1, 0.15) is 5.75 Å². The van der Waals surface area contributed by atoms with E-state index in [0.29, 0.717) is 18.7 Å². The molecule has 0 atom stereocenters. The first-order valence-electron chi connectivity index (χ1n) is 6.44. The molecular formula is C14H20N2O3S. The molecule has 0 spiro atoms. The molecule has 0 saturated heterocycles. The monoisotopic (exact) mass is 296 g/mol. The summed E-state index contributed by atoms with van der Waals surface area (Å²) in [6.45, 7) is 2.43. The topological polar surface area (TPSA) is 67.4 Å². The van der Waals surface area contributed by atoms with Gasteiger partial charge in [-0.3, -0.25) is 9.59 Å². The Morgan fingerprint density at radius 1 is 1.20 bits per heavy atom. The second kappa shape index (κ2) is 9.25. The molecule has 20 heavy (non-hydrogen) atoms. The standard InChI is InChI=1S/C14H20N2O3S/c1-3-15-14(18)10-19-12-6-4-11(5-7-12)16-13(17)8-9-20-2/h4-7H,3,8-10H2,1-2H3,(H,15,18)(H,16,17). The minimum absolute atomic E-state index is 0.00431. The number of amides is 2. The number of nitrogens with one attached hydrogen (secondary N) is 2. The second-order valence-corrected chi connectivity index (χ2v) is 5.04. The van der Waals surface area contributed by atoms with E-state index in [1.807, 2.05) is 13.2 Å². The summed E-state index contributed by atoms with van der Waals surface area (Å²) in [6, 6.07) is 6.96. The normalized spacial score (nSPS) is 9.90. The van der Waals surface area contributed by atoms with Gasteiger partial charge in [-0.1, -0.05) is 0 Å². The first-order chi connectivity index (χ1) is 9.65. The number of carbonyl (C=O) groups excluding carboxylic acids is 2. The highest BCUT2D eigenvalue weighted by Gasteiger charge is 2.03. The maximum Gasteiger partial charge on any atom is 0.257 e. The SMILES string of the molecule is CCNC(=O)COc1ccc(NC(=O)CCSC)cc1. The van der Waals surface area contributed by atoms with Gasteiger partial charge in [0, 0.05) is 24.4 Å². The minimum Gasteiger partial charge on any atom is -0.484 e. The maximum absolute atomic E-state index is 11.5. The van der Waals surface area contributed by atoms with Crippen LogP contribution in [0.1, 0.15) is 13.3 Å². The average molecular weight is 296 g/mol. The molecule has 1 aromatic carbocycles. The third kappa shape index (κ3) is 6.47. The summed E-state index contributed by atoms with van der Waals surface area (Å²) >= 11 is 1.64. The van der Waals surface area contributed by atoms with Crippen molar-refractivity contribution in [3.63, 3.8) is 0 Å². The molecule has 0 radical (unpaired) electrons. The summed E-state index contributed by atoms with van der Waals surface area (Å²) in [5.41, 5.74) is 0.724. The number of ether oxygens (including phenoxy) is 1.